The van der Waals surface area contributed by atoms with Crippen LogP contribution in [0, 0.1) is 3.57 Å². The third-order valence-corrected chi connectivity index (χ3v) is 4.28. The summed E-state index contributed by atoms with van der Waals surface area (Å²) >= 11 is 2.09. The molecule has 0 aliphatic heterocycles. The molecular formula is C13H11IO4S. The second-order valence-corrected chi connectivity index (χ2v) is 6.46. The number of ether oxygens (including phenoxy) is 1. The second-order valence-electron chi connectivity index (χ2n) is 3.67. The van der Waals surface area contributed by atoms with Gasteiger partial charge in [0.05, 0.1) is 7.11 Å². The fourth-order valence-electron chi connectivity index (χ4n) is 1.44. The quantitative estimate of drug-likeness (QED) is 0.595. The van der Waals surface area contributed by atoms with Crippen molar-refractivity contribution in [2.75, 3.05) is 7.11 Å². The predicted molar refractivity (Wildman–Crippen MR) is 80.0 cm³/mol. The van der Waals surface area contributed by atoms with Gasteiger partial charge in [-0.25, -0.2) is 0 Å². The van der Waals surface area contributed by atoms with Crippen molar-refractivity contribution in [2.24, 2.45) is 0 Å². The van der Waals surface area contributed by atoms with Crippen LogP contribution in [0.25, 0.3) is 0 Å². The van der Waals surface area contributed by atoms with E-state index in [1.54, 1.807) is 30.3 Å². The molecule has 0 unspecified atom stereocenters. The summed E-state index contributed by atoms with van der Waals surface area (Å²) in [5.74, 6) is 0.885. The Labute approximate surface area is 125 Å². The Morgan fingerprint density at radius 2 is 1.68 bits per heavy atom. The van der Waals surface area contributed by atoms with Crippen LogP contribution >= 0.6 is 22.6 Å². The second kappa shape index (κ2) is 5.79. The largest absolute Gasteiger partial charge is 0.497 e. The number of benzene rings is 2. The van der Waals surface area contributed by atoms with Crippen LogP contribution in [-0.2, 0) is 10.1 Å². The first-order chi connectivity index (χ1) is 9.01. The Hall–Kier alpha value is -1.28. The molecule has 0 heterocycles. The first-order valence-electron chi connectivity index (χ1n) is 5.35. The molecule has 0 spiro atoms. The molecule has 0 bridgehead atoms. The van der Waals surface area contributed by atoms with E-state index in [1.807, 2.05) is 6.07 Å². The zero-order chi connectivity index (χ0) is 13.9. The standard InChI is InChI=1S/C13H11IO4S/c1-17-11-5-7-13(8-6-11)19(15,16)18-12-4-2-3-10(14)9-12/h2-9H,1H3. The van der Waals surface area contributed by atoms with Crippen LogP contribution < -0.4 is 8.92 Å². The molecule has 0 saturated carbocycles. The van der Waals surface area contributed by atoms with Gasteiger partial charge in [-0.1, -0.05) is 6.07 Å². The van der Waals surface area contributed by atoms with Crippen LogP contribution in [-0.4, -0.2) is 15.5 Å². The fourth-order valence-corrected chi connectivity index (χ4v) is 2.87. The lowest BCUT2D eigenvalue weighted by molar-refractivity contribution is 0.414. The minimum absolute atomic E-state index is 0.0900. The number of hydrogen-bond donors (Lipinski definition) is 0. The van der Waals surface area contributed by atoms with Crippen molar-refractivity contribution in [3.63, 3.8) is 0 Å². The molecule has 0 N–H and O–H groups in total. The van der Waals surface area contributed by atoms with E-state index >= 15 is 0 Å². The van der Waals surface area contributed by atoms with Crippen LogP contribution in [0.1, 0.15) is 0 Å². The van der Waals surface area contributed by atoms with E-state index in [0.717, 1.165) is 3.57 Å². The lowest BCUT2D eigenvalue weighted by Gasteiger charge is -2.07. The summed E-state index contributed by atoms with van der Waals surface area (Å²) in [5, 5.41) is 0. The molecule has 2 aromatic rings. The molecule has 0 fully saturated rings. The number of hydrogen-bond acceptors (Lipinski definition) is 4. The average molecular weight is 390 g/mol. The first-order valence-corrected chi connectivity index (χ1v) is 7.84. The Morgan fingerprint density at radius 1 is 1.00 bits per heavy atom. The SMILES string of the molecule is COc1ccc(S(=O)(=O)Oc2cccc(I)c2)cc1. The van der Waals surface area contributed by atoms with Crippen LogP contribution in [0.4, 0.5) is 0 Å². The van der Waals surface area contributed by atoms with Gasteiger partial charge in [0.15, 0.2) is 0 Å². The number of rotatable bonds is 4. The number of halogens is 1. The normalized spacial score (nSPS) is 11.1. The lowest BCUT2D eigenvalue weighted by Crippen LogP contribution is -2.09. The third kappa shape index (κ3) is 3.60. The van der Waals surface area contributed by atoms with E-state index in [1.165, 1.54) is 19.2 Å². The van der Waals surface area contributed by atoms with Crippen LogP contribution in [0.3, 0.4) is 0 Å². The van der Waals surface area contributed by atoms with Crippen molar-refractivity contribution in [3.8, 4) is 11.5 Å². The van der Waals surface area contributed by atoms with Gasteiger partial charge in [0.25, 0.3) is 0 Å². The molecule has 19 heavy (non-hydrogen) atoms. The van der Waals surface area contributed by atoms with Crippen molar-refractivity contribution in [3.05, 3.63) is 52.1 Å². The summed E-state index contributed by atoms with van der Waals surface area (Å²) in [5.41, 5.74) is 0. The summed E-state index contributed by atoms with van der Waals surface area (Å²) in [6, 6.07) is 12.9. The maximum Gasteiger partial charge on any atom is 0.339 e. The van der Waals surface area contributed by atoms with Gasteiger partial charge in [-0.05, 0) is 65.1 Å². The molecule has 6 heteroatoms. The molecule has 0 aliphatic rings. The monoisotopic (exact) mass is 390 g/mol. The fraction of sp³-hybridized carbons (Fsp3) is 0.0769. The average Bonchev–Trinajstić information content (AvgIpc) is 2.38. The minimum Gasteiger partial charge on any atom is -0.497 e. The molecule has 0 radical (unpaired) electrons. The van der Waals surface area contributed by atoms with Gasteiger partial charge in [0, 0.05) is 3.57 Å². The molecule has 2 aromatic carbocycles. The molecule has 0 aliphatic carbocycles. The van der Waals surface area contributed by atoms with Gasteiger partial charge in [-0.3, -0.25) is 0 Å². The molecule has 0 amide bonds. The maximum absolute atomic E-state index is 12.0. The van der Waals surface area contributed by atoms with Gasteiger partial charge in [-0.15, -0.1) is 0 Å². The van der Waals surface area contributed by atoms with Crippen LogP contribution in [0.15, 0.2) is 53.4 Å². The highest BCUT2D eigenvalue weighted by Gasteiger charge is 2.16. The molecule has 0 saturated heterocycles. The molecular weight excluding hydrogens is 379 g/mol. The Balaban J connectivity index is 2.27. The smallest absolute Gasteiger partial charge is 0.339 e. The van der Waals surface area contributed by atoms with Gasteiger partial charge in [0.2, 0.25) is 0 Å². The van der Waals surface area contributed by atoms with Gasteiger partial charge < -0.3 is 8.92 Å². The van der Waals surface area contributed by atoms with Crippen molar-refractivity contribution in [2.45, 2.75) is 4.90 Å². The number of methoxy groups -OCH3 is 1. The third-order valence-electron chi connectivity index (χ3n) is 2.35. The van der Waals surface area contributed by atoms with Crippen LogP contribution in [0.2, 0.25) is 0 Å². The Bertz CT molecular complexity index is 665. The van der Waals surface area contributed by atoms with Gasteiger partial charge in [-0.2, -0.15) is 8.42 Å². The van der Waals surface area contributed by atoms with E-state index < -0.39 is 10.1 Å². The predicted octanol–water partition coefficient (Wildman–Crippen LogP) is 3.07. The molecule has 0 aromatic heterocycles. The molecule has 2 rings (SSSR count). The zero-order valence-electron chi connectivity index (χ0n) is 10.0. The topological polar surface area (TPSA) is 52.6 Å². The first kappa shape index (κ1) is 14.1. The Morgan fingerprint density at radius 3 is 2.26 bits per heavy atom. The molecule has 100 valence electrons. The van der Waals surface area contributed by atoms with Crippen molar-refractivity contribution >= 4 is 32.7 Å². The lowest BCUT2D eigenvalue weighted by atomic mass is 10.3. The summed E-state index contributed by atoms with van der Waals surface area (Å²) in [6.07, 6.45) is 0. The van der Waals surface area contributed by atoms with Gasteiger partial charge in [0.1, 0.15) is 16.4 Å². The highest BCUT2D eigenvalue weighted by atomic mass is 127. The maximum atomic E-state index is 12.0. The summed E-state index contributed by atoms with van der Waals surface area (Å²) in [6.45, 7) is 0. The van der Waals surface area contributed by atoms with Crippen molar-refractivity contribution < 1.29 is 17.3 Å². The summed E-state index contributed by atoms with van der Waals surface area (Å²) < 4.78 is 35.0. The van der Waals surface area contributed by atoms with E-state index in [9.17, 15) is 8.42 Å². The van der Waals surface area contributed by atoms with Crippen molar-refractivity contribution in [1.29, 1.82) is 0 Å². The van der Waals surface area contributed by atoms with Crippen molar-refractivity contribution in [1.82, 2.24) is 0 Å². The highest BCUT2D eigenvalue weighted by molar-refractivity contribution is 14.1. The zero-order valence-corrected chi connectivity index (χ0v) is 13.0. The van der Waals surface area contributed by atoms with Crippen LogP contribution in [0.5, 0.6) is 11.5 Å². The Kier molecular flexibility index (Phi) is 4.31. The molecule has 4 nitrogen and oxygen atoms in total. The van der Waals surface area contributed by atoms with E-state index in [4.69, 9.17) is 8.92 Å². The summed E-state index contributed by atoms with van der Waals surface area (Å²) in [7, 11) is -2.29. The highest BCUT2D eigenvalue weighted by Crippen LogP contribution is 2.22. The van der Waals surface area contributed by atoms with E-state index in [-0.39, 0.29) is 4.90 Å². The summed E-state index contributed by atoms with van der Waals surface area (Å²) in [4.78, 5) is 0.0900. The van der Waals surface area contributed by atoms with Gasteiger partial charge >= 0.3 is 10.1 Å². The van der Waals surface area contributed by atoms with E-state index in [0.29, 0.717) is 11.5 Å². The van der Waals surface area contributed by atoms with E-state index in [2.05, 4.69) is 22.6 Å². The minimum atomic E-state index is -3.81. The molecule has 0 atom stereocenters.